The van der Waals surface area contributed by atoms with E-state index in [0.717, 1.165) is 17.7 Å². The molecule has 1 aliphatic rings. The molecule has 4 rings (SSSR count). The molecular weight excluding hydrogens is 447 g/mol. The van der Waals surface area contributed by atoms with Gasteiger partial charge in [0.2, 0.25) is 16.8 Å². The van der Waals surface area contributed by atoms with Crippen molar-refractivity contribution in [3.63, 3.8) is 0 Å². The third-order valence-corrected chi connectivity index (χ3v) is 6.64. The fourth-order valence-corrected chi connectivity index (χ4v) is 4.43. The molecule has 0 aliphatic carbocycles. The first-order valence-electron chi connectivity index (χ1n) is 10.3. The van der Waals surface area contributed by atoms with Gasteiger partial charge in [-0.1, -0.05) is 32.0 Å². The molecule has 172 valence electrons. The number of benzene rings is 3. The van der Waals surface area contributed by atoms with Crippen LogP contribution >= 0.6 is 0 Å². The number of rotatable bonds is 7. The summed E-state index contributed by atoms with van der Waals surface area (Å²) in [6.07, 6.45) is 0. The van der Waals surface area contributed by atoms with E-state index in [4.69, 9.17) is 9.47 Å². The van der Waals surface area contributed by atoms with Gasteiger partial charge in [0.1, 0.15) is 10.7 Å². The van der Waals surface area contributed by atoms with Gasteiger partial charge in [0.25, 0.3) is 5.91 Å². The van der Waals surface area contributed by atoms with Gasteiger partial charge in [-0.25, -0.2) is 17.5 Å². The molecule has 3 aromatic rings. The molecule has 0 spiro atoms. The maximum atomic E-state index is 14.4. The summed E-state index contributed by atoms with van der Waals surface area (Å²) in [5, 5.41) is 2.70. The van der Waals surface area contributed by atoms with Gasteiger partial charge >= 0.3 is 0 Å². The summed E-state index contributed by atoms with van der Waals surface area (Å²) in [6.45, 7) is 4.15. The lowest BCUT2D eigenvalue weighted by Gasteiger charge is -2.11. The summed E-state index contributed by atoms with van der Waals surface area (Å²) >= 11 is 0. The lowest BCUT2D eigenvalue weighted by atomic mass is 10.0. The number of ether oxygens (including phenoxy) is 2. The van der Waals surface area contributed by atoms with E-state index in [1.165, 1.54) is 6.07 Å². The minimum atomic E-state index is -4.22. The quantitative estimate of drug-likeness (QED) is 0.534. The molecule has 0 bridgehead atoms. The van der Waals surface area contributed by atoms with E-state index in [1.54, 1.807) is 30.3 Å². The Morgan fingerprint density at radius 1 is 1.00 bits per heavy atom. The highest BCUT2D eigenvalue weighted by Gasteiger charge is 2.22. The van der Waals surface area contributed by atoms with E-state index < -0.39 is 26.6 Å². The first-order valence-corrected chi connectivity index (χ1v) is 11.8. The number of hydrogen-bond donors (Lipinski definition) is 2. The van der Waals surface area contributed by atoms with Crippen molar-refractivity contribution < 1.29 is 27.1 Å². The first kappa shape index (κ1) is 22.8. The van der Waals surface area contributed by atoms with Gasteiger partial charge in [0.05, 0.1) is 0 Å². The van der Waals surface area contributed by atoms with Gasteiger partial charge < -0.3 is 14.8 Å². The summed E-state index contributed by atoms with van der Waals surface area (Å²) in [5.41, 5.74) is 2.31. The van der Waals surface area contributed by atoms with Gasteiger partial charge in [0, 0.05) is 17.8 Å². The third-order valence-electron chi connectivity index (χ3n) is 5.22. The van der Waals surface area contributed by atoms with Crippen molar-refractivity contribution in [2.24, 2.45) is 0 Å². The number of halogens is 1. The molecule has 2 N–H and O–H groups in total. The number of carbonyl (C=O) groups excluding carboxylic acids is 1. The summed E-state index contributed by atoms with van der Waals surface area (Å²) < 4.78 is 52.8. The van der Waals surface area contributed by atoms with Crippen molar-refractivity contribution in [1.82, 2.24) is 4.72 Å². The summed E-state index contributed by atoms with van der Waals surface area (Å²) in [4.78, 5) is 12.0. The van der Waals surface area contributed by atoms with Crippen LogP contribution in [-0.2, 0) is 16.6 Å². The Labute approximate surface area is 191 Å². The van der Waals surface area contributed by atoms with E-state index in [0.29, 0.717) is 28.7 Å². The van der Waals surface area contributed by atoms with Crippen LogP contribution in [0, 0.1) is 5.82 Å². The van der Waals surface area contributed by atoms with E-state index in [-0.39, 0.29) is 18.9 Å². The molecule has 9 heteroatoms. The molecule has 0 unspecified atom stereocenters. The number of amides is 1. The van der Waals surface area contributed by atoms with Crippen LogP contribution in [0.1, 0.15) is 41.3 Å². The van der Waals surface area contributed by atoms with E-state index in [2.05, 4.69) is 23.9 Å². The van der Waals surface area contributed by atoms with Crippen LogP contribution in [0.5, 0.6) is 11.5 Å². The summed E-state index contributed by atoms with van der Waals surface area (Å²) in [7, 11) is -4.22. The lowest BCUT2D eigenvalue weighted by Crippen LogP contribution is -2.25. The van der Waals surface area contributed by atoms with Crippen molar-refractivity contribution >= 4 is 21.6 Å². The Hall–Kier alpha value is -3.43. The van der Waals surface area contributed by atoms with Crippen LogP contribution in [0.15, 0.2) is 65.6 Å². The number of nitrogens with one attached hydrogen (secondary N) is 2. The minimum Gasteiger partial charge on any atom is -0.454 e. The second-order valence-electron chi connectivity index (χ2n) is 7.89. The van der Waals surface area contributed by atoms with Gasteiger partial charge in [0.15, 0.2) is 11.5 Å². The molecule has 0 atom stereocenters. The Bertz CT molecular complexity index is 1290. The van der Waals surface area contributed by atoms with Crippen molar-refractivity contribution in [1.29, 1.82) is 0 Å². The predicted octanol–water partition coefficient (Wildman–Crippen LogP) is 4.41. The van der Waals surface area contributed by atoms with Gasteiger partial charge in [-0.2, -0.15) is 0 Å². The number of anilines is 1. The zero-order valence-electron chi connectivity index (χ0n) is 18.1. The Balaban J connectivity index is 1.48. The molecule has 0 radical (unpaired) electrons. The van der Waals surface area contributed by atoms with Crippen LogP contribution in [0.4, 0.5) is 10.1 Å². The van der Waals surface area contributed by atoms with Crippen molar-refractivity contribution in [3.8, 4) is 11.5 Å². The number of hydrogen-bond acceptors (Lipinski definition) is 5. The largest absolute Gasteiger partial charge is 0.454 e. The molecule has 0 saturated carbocycles. The second kappa shape index (κ2) is 9.21. The Kier molecular flexibility index (Phi) is 6.35. The number of sulfonamides is 1. The topological polar surface area (TPSA) is 93.7 Å². The SMILES string of the molecule is CC(C)c1ccc(NC(=O)c2ccc(F)c(S(=O)(=O)NCc3ccc4c(c3)OCO4)c2)cc1. The second-order valence-corrected chi connectivity index (χ2v) is 9.62. The standard InChI is InChI=1S/C24H23FN2O5S/c1-15(2)17-4-7-19(8-5-17)27-24(28)18-6-9-20(25)23(12-18)33(29,30)26-13-16-3-10-21-22(11-16)32-14-31-21/h3-12,15,26H,13-14H2,1-2H3,(H,27,28). The fourth-order valence-electron chi connectivity index (χ4n) is 3.31. The zero-order valence-corrected chi connectivity index (χ0v) is 18.9. The highest BCUT2D eigenvalue weighted by molar-refractivity contribution is 7.89. The number of carbonyl (C=O) groups is 1. The molecule has 7 nitrogen and oxygen atoms in total. The molecule has 1 amide bonds. The predicted molar refractivity (Wildman–Crippen MR) is 121 cm³/mol. The first-order chi connectivity index (χ1) is 15.7. The summed E-state index contributed by atoms with van der Waals surface area (Å²) in [6, 6.07) is 15.6. The lowest BCUT2D eigenvalue weighted by molar-refractivity contribution is 0.102. The van der Waals surface area contributed by atoms with E-state index in [9.17, 15) is 17.6 Å². The molecule has 0 saturated heterocycles. The molecule has 0 fully saturated rings. The van der Waals surface area contributed by atoms with Crippen LogP contribution in [0.2, 0.25) is 0 Å². The smallest absolute Gasteiger partial charge is 0.255 e. The maximum Gasteiger partial charge on any atom is 0.255 e. The molecule has 3 aromatic carbocycles. The van der Waals surface area contributed by atoms with Crippen LogP contribution in [0.25, 0.3) is 0 Å². The molecule has 33 heavy (non-hydrogen) atoms. The van der Waals surface area contributed by atoms with E-state index >= 15 is 0 Å². The Morgan fingerprint density at radius 3 is 2.45 bits per heavy atom. The van der Waals surface area contributed by atoms with Crippen molar-refractivity contribution in [2.75, 3.05) is 12.1 Å². The average molecular weight is 471 g/mol. The van der Waals surface area contributed by atoms with Crippen LogP contribution in [0.3, 0.4) is 0 Å². The van der Waals surface area contributed by atoms with Crippen molar-refractivity contribution in [2.45, 2.75) is 31.2 Å². The van der Waals surface area contributed by atoms with Gasteiger partial charge in [-0.3, -0.25) is 4.79 Å². The number of fused-ring (bicyclic) bond motifs is 1. The van der Waals surface area contributed by atoms with Crippen LogP contribution < -0.4 is 19.5 Å². The molecular formula is C24H23FN2O5S. The molecule has 0 aromatic heterocycles. The van der Waals surface area contributed by atoms with E-state index in [1.807, 2.05) is 12.1 Å². The Morgan fingerprint density at radius 2 is 1.73 bits per heavy atom. The van der Waals surface area contributed by atoms with Crippen LogP contribution in [-0.4, -0.2) is 21.1 Å². The van der Waals surface area contributed by atoms with Gasteiger partial charge in [-0.05, 0) is 59.5 Å². The fraction of sp³-hybridized carbons (Fsp3) is 0.208. The summed E-state index contributed by atoms with van der Waals surface area (Å²) in [5.74, 6) is -0.0569. The maximum absolute atomic E-state index is 14.4. The highest BCUT2D eigenvalue weighted by Crippen LogP contribution is 2.32. The molecule has 1 aliphatic heterocycles. The highest BCUT2D eigenvalue weighted by atomic mass is 32.2. The monoisotopic (exact) mass is 470 g/mol. The van der Waals surface area contributed by atoms with Crippen molar-refractivity contribution in [3.05, 3.63) is 83.2 Å². The normalized spacial score (nSPS) is 12.7. The third kappa shape index (κ3) is 5.15. The zero-order chi connectivity index (χ0) is 23.6. The average Bonchev–Trinajstić information content (AvgIpc) is 3.26. The van der Waals surface area contributed by atoms with Gasteiger partial charge in [-0.15, -0.1) is 0 Å². The molecule has 1 heterocycles. The minimum absolute atomic E-state index is 0.0211.